The van der Waals surface area contributed by atoms with E-state index in [0.717, 1.165) is 31.8 Å². The molecule has 0 aromatic rings. The molecule has 3 heteroatoms. The zero-order chi connectivity index (χ0) is 13.6. The highest BCUT2D eigenvalue weighted by molar-refractivity contribution is 5.77. The summed E-state index contributed by atoms with van der Waals surface area (Å²) in [7, 11) is 0. The topological polar surface area (TPSA) is 41.1 Å². The molecule has 1 amide bonds. The summed E-state index contributed by atoms with van der Waals surface area (Å²) < 4.78 is 0. The van der Waals surface area contributed by atoms with Gasteiger partial charge in [0, 0.05) is 6.54 Å². The second-order valence-corrected chi connectivity index (χ2v) is 5.48. The molecule has 0 bridgehead atoms. The Balaban J connectivity index is 3.12. The fourth-order valence-electron chi connectivity index (χ4n) is 1.83. The van der Waals surface area contributed by atoms with Gasteiger partial charge in [0.2, 0.25) is 5.91 Å². The number of amides is 1. The van der Waals surface area contributed by atoms with E-state index in [2.05, 4.69) is 31.4 Å². The van der Waals surface area contributed by atoms with Gasteiger partial charge in [0.1, 0.15) is 0 Å². The van der Waals surface area contributed by atoms with E-state index in [0.29, 0.717) is 6.54 Å². The summed E-state index contributed by atoms with van der Waals surface area (Å²) >= 11 is 0. The molecule has 2 N–H and O–H groups in total. The maximum absolute atomic E-state index is 11.4. The summed E-state index contributed by atoms with van der Waals surface area (Å²) in [5.41, 5.74) is 0. The number of rotatable bonds is 12. The zero-order valence-corrected chi connectivity index (χ0v) is 12.6. The van der Waals surface area contributed by atoms with Crippen LogP contribution in [0.4, 0.5) is 0 Å². The van der Waals surface area contributed by atoms with Gasteiger partial charge in [0.05, 0.1) is 6.54 Å². The number of carbonyl (C=O) groups is 1. The fraction of sp³-hybridized carbons (Fsp3) is 0.933. The predicted molar refractivity (Wildman–Crippen MR) is 78.7 cm³/mol. The van der Waals surface area contributed by atoms with Crippen molar-refractivity contribution >= 4 is 5.91 Å². The Kier molecular flexibility index (Phi) is 12.5. The van der Waals surface area contributed by atoms with E-state index >= 15 is 0 Å². The molecule has 0 fully saturated rings. The van der Waals surface area contributed by atoms with E-state index in [1.807, 2.05) is 0 Å². The van der Waals surface area contributed by atoms with Crippen molar-refractivity contribution in [1.29, 1.82) is 0 Å². The Labute approximate surface area is 113 Å². The second-order valence-electron chi connectivity index (χ2n) is 5.48. The number of hydrogen-bond acceptors (Lipinski definition) is 2. The van der Waals surface area contributed by atoms with Gasteiger partial charge in [-0.15, -0.1) is 0 Å². The summed E-state index contributed by atoms with van der Waals surface area (Å²) in [5.74, 6) is 0.957. The highest BCUT2D eigenvalue weighted by Gasteiger charge is 1.99. The van der Waals surface area contributed by atoms with Gasteiger partial charge in [-0.3, -0.25) is 4.79 Å². The summed E-state index contributed by atoms with van der Waals surface area (Å²) in [4.78, 5) is 11.4. The lowest BCUT2D eigenvalue weighted by Crippen LogP contribution is -2.34. The molecule has 108 valence electrons. The third-order valence-corrected chi connectivity index (χ3v) is 3.02. The molecular weight excluding hydrogens is 224 g/mol. The number of hydrogen-bond donors (Lipinski definition) is 2. The molecule has 0 heterocycles. The molecule has 0 atom stereocenters. The highest BCUT2D eigenvalue weighted by Crippen LogP contribution is 2.08. The van der Waals surface area contributed by atoms with Crippen molar-refractivity contribution in [3.63, 3.8) is 0 Å². The molecule has 3 nitrogen and oxygen atoms in total. The monoisotopic (exact) mass is 256 g/mol. The Morgan fingerprint density at radius 1 is 1.00 bits per heavy atom. The van der Waals surface area contributed by atoms with Crippen LogP contribution in [0.3, 0.4) is 0 Å². The molecule has 0 aromatic heterocycles. The minimum atomic E-state index is 0.128. The van der Waals surface area contributed by atoms with Crippen LogP contribution in [0.2, 0.25) is 0 Å². The summed E-state index contributed by atoms with van der Waals surface area (Å²) in [6.07, 6.45) is 8.66. The smallest absolute Gasteiger partial charge is 0.233 e. The lowest BCUT2D eigenvalue weighted by Gasteiger charge is -2.06. The molecule has 0 rings (SSSR count). The maximum Gasteiger partial charge on any atom is 0.233 e. The van der Waals surface area contributed by atoms with Crippen molar-refractivity contribution in [3.05, 3.63) is 0 Å². The number of nitrogens with one attached hydrogen (secondary N) is 2. The average Bonchev–Trinajstić information content (AvgIpc) is 2.32. The first-order valence-electron chi connectivity index (χ1n) is 7.64. The minimum Gasteiger partial charge on any atom is -0.355 e. The van der Waals surface area contributed by atoms with Gasteiger partial charge in [-0.05, 0) is 25.3 Å². The normalized spacial score (nSPS) is 10.9. The second kappa shape index (κ2) is 12.9. The summed E-state index contributed by atoms with van der Waals surface area (Å²) in [5, 5.41) is 6.11. The largest absolute Gasteiger partial charge is 0.355 e. The van der Waals surface area contributed by atoms with Gasteiger partial charge in [0.15, 0.2) is 0 Å². The van der Waals surface area contributed by atoms with Crippen LogP contribution in [0.1, 0.15) is 65.7 Å². The third kappa shape index (κ3) is 13.5. The lowest BCUT2D eigenvalue weighted by molar-refractivity contribution is -0.120. The quantitative estimate of drug-likeness (QED) is 0.527. The van der Waals surface area contributed by atoms with Gasteiger partial charge in [-0.2, -0.15) is 0 Å². The molecule has 0 spiro atoms. The van der Waals surface area contributed by atoms with Crippen molar-refractivity contribution in [2.75, 3.05) is 19.6 Å². The van der Waals surface area contributed by atoms with Crippen molar-refractivity contribution in [2.24, 2.45) is 5.92 Å². The Morgan fingerprint density at radius 2 is 1.72 bits per heavy atom. The molecule has 0 aliphatic carbocycles. The van der Waals surface area contributed by atoms with Gasteiger partial charge >= 0.3 is 0 Å². The van der Waals surface area contributed by atoms with Crippen LogP contribution in [0.5, 0.6) is 0 Å². The molecule has 0 unspecified atom stereocenters. The Bertz CT molecular complexity index is 193. The number of unbranched alkanes of at least 4 members (excludes halogenated alkanes) is 4. The van der Waals surface area contributed by atoms with E-state index in [-0.39, 0.29) is 5.91 Å². The minimum absolute atomic E-state index is 0.128. The molecule has 0 aliphatic heterocycles. The van der Waals surface area contributed by atoms with E-state index in [1.54, 1.807) is 0 Å². The zero-order valence-electron chi connectivity index (χ0n) is 12.6. The summed E-state index contributed by atoms with van der Waals surface area (Å²) in [6.45, 7) is 8.92. The molecular formula is C15H32N2O. The van der Waals surface area contributed by atoms with Crippen molar-refractivity contribution in [3.8, 4) is 0 Å². The first kappa shape index (κ1) is 17.4. The molecule has 0 saturated heterocycles. The Hall–Kier alpha value is -0.570. The van der Waals surface area contributed by atoms with Crippen molar-refractivity contribution in [1.82, 2.24) is 10.6 Å². The van der Waals surface area contributed by atoms with E-state index < -0.39 is 0 Å². The summed E-state index contributed by atoms with van der Waals surface area (Å²) in [6, 6.07) is 0. The standard InChI is InChI=1S/C15H32N2O/c1-4-5-12-17-15(18)13-16-11-9-7-6-8-10-14(2)3/h14,16H,4-13H2,1-3H3,(H,17,18). The average molecular weight is 256 g/mol. The van der Waals surface area contributed by atoms with Gasteiger partial charge in [-0.25, -0.2) is 0 Å². The van der Waals surface area contributed by atoms with E-state index in [1.165, 1.54) is 32.1 Å². The number of carbonyl (C=O) groups excluding carboxylic acids is 1. The van der Waals surface area contributed by atoms with Crippen molar-refractivity contribution in [2.45, 2.75) is 65.7 Å². The highest BCUT2D eigenvalue weighted by atomic mass is 16.1. The SMILES string of the molecule is CCCCNC(=O)CNCCCCCCC(C)C. The van der Waals surface area contributed by atoms with Crippen LogP contribution < -0.4 is 10.6 Å². The maximum atomic E-state index is 11.4. The predicted octanol–water partition coefficient (Wildman–Crippen LogP) is 3.10. The van der Waals surface area contributed by atoms with E-state index in [4.69, 9.17) is 0 Å². The first-order valence-corrected chi connectivity index (χ1v) is 7.64. The van der Waals surface area contributed by atoms with E-state index in [9.17, 15) is 4.79 Å². The molecule has 0 aliphatic rings. The van der Waals surface area contributed by atoms with Crippen LogP contribution >= 0.6 is 0 Å². The third-order valence-electron chi connectivity index (χ3n) is 3.02. The van der Waals surface area contributed by atoms with Crippen LogP contribution in [0.15, 0.2) is 0 Å². The van der Waals surface area contributed by atoms with Gasteiger partial charge in [-0.1, -0.05) is 52.9 Å². The van der Waals surface area contributed by atoms with Crippen LogP contribution in [-0.4, -0.2) is 25.5 Å². The molecule has 0 aromatic carbocycles. The van der Waals surface area contributed by atoms with Gasteiger partial charge in [0.25, 0.3) is 0 Å². The van der Waals surface area contributed by atoms with Crippen LogP contribution in [-0.2, 0) is 4.79 Å². The van der Waals surface area contributed by atoms with Crippen LogP contribution in [0.25, 0.3) is 0 Å². The van der Waals surface area contributed by atoms with Gasteiger partial charge < -0.3 is 10.6 Å². The molecule has 0 saturated carbocycles. The molecule has 0 radical (unpaired) electrons. The molecule has 18 heavy (non-hydrogen) atoms. The Morgan fingerprint density at radius 3 is 2.39 bits per heavy atom. The first-order chi connectivity index (χ1) is 8.66. The van der Waals surface area contributed by atoms with Crippen molar-refractivity contribution < 1.29 is 4.79 Å². The lowest BCUT2D eigenvalue weighted by atomic mass is 10.0. The fourth-order valence-corrected chi connectivity index (χ4v) is 1.83. The van der Waals surface area contributed by atoms with Crippen LogP contribution in [0, 0.1) is 5.92 Å².